The van der Waals surface area contributed by atoms with Crippen molar-refractivity contribution in [2.24, 2.45) is 0 Å². The lowest BCUT2D eigenvalue weighted by Gasteiger charge is -2.40. The molecule has 1 amide bonds. The molecule has 7 heteroatoms. The number of hydrogen-bond acceptors (Lipinski definition) is 3. The van der Waals surface area contributed by atoms with Crippen LogP contribution in [0.3, 0.4) is 0 Å². The van der Waals surface area contributed by atoms with Crippen LogP contribution in [0.2, 0.25) is 0 Å². The molecule has 2 rings (SSSR count). The molecule has 0 spiro atoms. The quantitative estimate of drug-likeness (QED) is 0.913. The van der Waals surface area contributed by atoms with Gasteiger partial charge in [-0.1, -0.05) is 30.3 Å². The van der Waals surface area contributed by atoms with Gasteiger partial charge in [0.1, 0.15) is 0 Å². The zero-order chi connectivity index (χ0) is 14.9. The molecule has 0 bridgehead atoms. The van der Waals surface area contributed by atoms with Crippen LogP contribution in [-0.4, -0.2) is 40.1 Å². The molecule has 1 N–H and O–H groups in total. The standard InChI is InChI=1S/C13H13F2NO4/c1-8-10(11(17)18)16(12(19)13(14,15)20-8)7-9-5-3-2-4-6-9/h2-6,8,10H,7H2,1H3,(H,17,18)/t8-,10-/m0/s1. The lowest BCUT2D eigenvalue weighted by molar-refractivity contribution is -0.283. The van der Waals surface area contributed by atoms with E-state index in [0.29, 0.717) is 10.5 Å². The van der Waals surface area contributed by atoms with Gasteiger partial charge in [0.05, 0.1) is 6.10 Å². The van der Waals surface area contributed by atoms with E-state index >= 15 is 0 Å². The fourth-order valence-electron chi connectivity index (χ4n) is 2.18. The summed E-state index contributed by atoms with van der Waals surface area (Å²) in [5.74, 6) is -3.01. The van der Waals surface area contributed by atoms with Gasteiger partial charge in [0.2, 0.25) is 0 Å². The average molecular weight is 285 g/mol. The zero-order valence-corrected chi connectivity index (χ0v) is 10.6. The number of carbonyl (C=O) groups is 2. The first-order chi connectivity index (χ1) is 9.33. The Morgan fingerprint density at radius 3 is 2.55 bits per heavy atom. The second kappa shape index (κ2) is 5.16. The van der Waals surface area contributed by atoms with Gasteiger partial charge in [-0.25, -0.2) is 4.79 Å². The number of halogens is 2. The molecule has 20 heavy (non-hydrogen) atoms. The highest BCUT2D eigenvalue weighted by Crippen LogP contribution is 2.31. The zero-order valence-electron chi connectivity index (χ0n) is 10.6. The van der Waals surface area contributed by atoms with Gasteiger partial charge in [-0.3, -0.25) is 4.79 Å². The third-order valence-electron chi connectivity index (χ3n) is 3.07. The van der Waals surface area contributed by atoms with Gasteiger partial charge in [-0.05, 0) is 12.5 Å². The van der Waals surface area contributed by atoms with Crippen LogP contribution in [0.15, 0.2) is 30.3 Å². The number of carboxylic acid groups (broad SMARTS) is 1. The van der Waals surface area contributed by atoms with E-state index in [-0.39, 0.29) is 6.54 Å². The first kappa shape index (κ1) is 14.4. The number of carbonyl (C=O) groups excluding carboxylic acids is 1. The number of rotatable bonds is 3. The minimum atomic E-state index is -4.00. The summed E-state index contributed by atoms with van der Waals surface area (Å²) < 4.78 is 31.1. The Bertz CT molecular complexity index is 520. The molecule has 2 atom stereocenters. The Morgan fingerprint density at radius 2 is 2.00 bits per heavy atom. The fraction of sp³-hybridized carbons (Fsp3) is 0.385. The van der Waals surface area contributed by atoms with E-state index in [2.05, 4.69) is 4.74 Å². The van der Waals surface area contributed by atoms with E-state index in [9.17, 15) is 18.4 Å². The van der Waals surface area contributed by atoms with E-state index in [1.165, 1.54) is 6.92 Å². The van der Waals surface area contributed by atoms with Crippen LogP contribution in [0.25, 0.3) is 0 Å². The number of amides is 1. The number of benzene rings is 1. The van der Waals surface area contributed by atoms with Gasteiger partial charge in [0, 0.05) is 6.54 Å². The van der Waals surface area contributed by atoms with Gasteiger partial charge in [0.25, 0.3) is 0 Å². The Morgan fingerprint density at radius 1 is 1.40 bits per heavy atom. The summed E-state index contributed by atoms with van der Waals surface area (Å²) >= 11 is 0. The Balaban J connectivity index is 2.32. The maximum Gasteiger partial charge on any atom is 0.437 e. The maximum absolute atomic E-state index is 13.4. The van der Waals surface area contributed by atoms with Crippen LogP contribution in [0.5, 0.6) is 0 Å². The second-order valence-electron chi connectivity index (χ2n) is 4.54. The minimum Gasteiger partial charge on any atom is -0.480 e. The third-order valence-corrected chi connectivity index (χ3v) is 3.07. The molecule has 1 saturated heterocycles. The van der Waals surface area contributed by atoms with Crippen LogP contribution in [0.4, 0.5) is 8.78 Å². The summed E-state index contributed by atoms with van der Waals surface area (Å²) in [5.41, 5.74) is 0.567. The predicted molar refractivity (Wildman–Crippen MR) is 63.9 cm³/mol. The number of morpholine rings is 1. The molecule has 1 aliphatic heterocycles. The van der Waals surface area contributed by atoms with E-state index < -0.39 is 30.1 Å². The molecule has 108 valence electrons. The molecule has 1 fully saturated rings. The van der Waals surface area contributed by atoms with E-state index in [1.807, 2.05) is 0 Å². The summed E-state index contributed by atoms with van der Waals surface area (Å²) in [5, 5.41) is 9.13. The highest BCUT2D eigenvalue weighted by atomic mass is 19.3. The lowest BCUT2D eigenvalue weighted by atomic mass is 10.1. The van der Waals surface area contributed by atoms with Gasteiger partial charge in [0.15, 0.2) is 6.04 Å². The summed E-state index contributed by atoms with van der Waals surface area (Å²) in [7, 11) is 0. The molecular formula is C13H13F2NO4. The molecular weight excluding hydrogens is 272 g/mol. The van der Waals surface area contributed by atoms with Crippen LogP contribution < -0.4 is 0 Å². The molecule has 5 nitrogen and oxygen atoms in total. The van der Waals surface area contributed by atoms with Crippen LogP contribution in [-0.2, 0) is 20.9 Å². The van der Waals surface area contributed by atoms with Gasteiger partial charge in [-0.15, -0.1) is 0 Å². The monoisotopic (exact) mass is 285 g/mol. The SMILES string of the molecule is C[C@@H]1OC(F)(F)C(=O)N(Cc2ccccc2)[C@@H]1C(=O)O. The number of hydrogen-bond donors (Lipinski definition) is 1. The number of carboxylic acids is 1. The van der Waals surface area contributed by atoms with Crippen molar-refractivity contribution in [3.8, 4) is 0 Å². The van der Waals surface area contributed by atoms with Crippen molar-refractivity contribution in [3.05, 3.63) is 35.9 Å². The summed E-state index contributed by atoms with van der Waals surface area (Å²) in [6.45, 7) is 0.997. The second-order valence-corrected chi connectivity index (χ2v) is 4.54. The van der Waals surface area contributed by atoms with Crippen LogP contribution in [0.1, 0.15) is 12.5 Å². The first-order valence-corrected chi connectivity index (χ1v) is 5.96. The Kier molecular flexibility index (Phi) is 3.71. The largest absolute Gasteiger partial charge is 0.480 e. The molecule has 0 saturated carbocycles. The van der Waals surface area contributed by atoms with Crippen molar-refractivity contribution < 1.29 is 28.2 Å². The fourth-order valence-corrected chi connectivity index (χ4v) is 2.18. The highest BCUT2D eigenvalue weighted by Gasteiger charge is 2.55. The highest BCUT2D eigenvalue weighted by molar-refractivity contribution is 5.88. The molecule has 0 aromatic heterocycles. The van der Waals surface area contributed by atoms with Crippen molar-refractivity contribution in [2.45, 2.75) is 31.7 Å². The molecule has 1 aliphatic rings. The van der Waals surface area contributed by atoms with Crippen molar-refractivity contribution in [1.82, 2.24) is 4.90 Å². The summed E-state index contributed by atoms with van der Waals surface area (Å²) in [6, 6.07) is 6.91. The molecule has 0 radical (unpaired) electrons. The number of nitrogens with zero attached hydrogens (tertiary/aromatic N) is 1. The predicted octanol–water partition coefficient (Wildman–Crippen LogP) is 1.48. The van der Waals surface area contributed by atoms with Crippen molar-refractivity contribution in [3.63, 3.8) is 0 Å². The average Bonchev–Trinajstić information content (AvgIpc) is 2.36. The van der Waals surface area contributed by atoms with Gasteiger partial charge in [-0.2, -0.15) is 8.78 Å². The lowest BCUT2D eigenvalue weighted by Crippen LogP contribution is -2.62. The van der Waals surface area contributed by atoms with Gasteiger partial charge >= 0.3 is 18.0 Å². The van der Waals surface area contributed by atoms with Crippen LogP contribution in [0, 0.1) is 0 Å². The molecule has 1 aromatic carbocycles. The first-order valence-electron chi connectivity index (χ1n) is 5.96. The van der Waals surface area contributed by atoms with Crippen molar-refractivity contribution >= 4 is 11.9 Å². The van der Waals surface area contributed by atoms with E-state index in [0.717, 1.165) is 0 Å². The van der Waals surface area contributed by atoms with E-state index in [4.69, 9.17) is 5.11 Å². The van der Waals surface area contributed by atoms with Crippen molar-refractivity contribution in [2.75, 3.05) is 0 Å². The molecule has 0 unspecified atom stereocenters. The Labute approximate surface area is 113 Å². The molecule has 1 heterocycles. The smallest absolute Gasteiger partial charge is 0.437 e. The number of ether oxygens (including phenoxy) is 1. The number of alkyl halides is 2. The summed E-state index contributed by atoms with van der Waals surface area (Å²) in [6.07, 6.45) is -5.30. The third kappa shape index (κ3) is 2.62. The topological polar surface area (TPSA) is 66.8 Å². The van der Waals surface area contributed by atoms with Crippen molar-refractivity contribution in [1.29, 1.82) is 0 Å². The van der Waals surface area contributed by atoms with Crippen LogP contribution >= 0.6 is 0 Å². The maximum atomic E-state index is 13.4. The Hall–Kier alpha value is -2.02. The molecule has 0 aliphatic carbocycles. The minimum absolute atomic E-state index is 0.208. The van der Waals surface area contributed by atoms with Gasteiger partial charge < -0.3 is 14.7 Å². The number of aliphatic carboxylic acids is 1. The normalized spacial score (nSPS) is 25.6. The van der Waals surface area contributed by atoms with E-state index in [1.54, 1.807) is 30.3 Å². The molecule has 1 aromatic rings. The summed E-state index contributed by atoms with van der Waals surface area (Å²) in [4.78, 5) is 23.5.